The molecule has 0 saturated heterocycles. The van der Waals surface area contributed by atoms with Crippen molar-refractivity contribution in [3.8, 4) is 0 Å². The SMILES string of the molecule is CC(C)(O)C(C)(C)O[B]c1ccc2ccccc2c1. The molecular weight excluding hydrogens is 235 g/mol. The quantitative estimate of drug-likeness (QED) is 0.851. The highest BCUT2D eigenvalue weighted by atomic mass is 16.5. The second kappa shape index (κ2) is 4.99. The third kappa shape index (κ3) is 3.17. The van der Waals surface area contributed by atoms with Gasteiger partial charge in [0.15, 0.2) is 0 Å². The average molecular weight is 255 g/mol. The normalized spacial score (nSPS) is 12.7. The molecule has 0 amide bonds. The van der Waals surface area contributed by atoms with E-state index in [1.165, 1.54) is 10.8 Å². The molecule has 0 spiro atoms. The zero-order valence-electron chi connectivity index (χ0n) is 12.0. The fourth-order valence-corrected chi connectivity index (χ4v) is 1.64. The monoisotopic (exact) mass is 255 g/mol. The van der Waals surface area contributed by atoms with Crippen LogP contribution in [0.25, 0.3) is 10.8 Å². The van der Waals surface area contributed by atoms with Gasteiger partial charge in [-0.2, -0.15) is 0 Å². The van der Waals surface area contributed by atoms with Gasteiger partial charge in [-0.05, 0) is 38.5 Å². The molecular formula is C16H20BO2. The van der Waals surface area contributed by atoms with E-state index in [-0.39, 0.29) is 0 Å². The van der Waals surface area contributed by atoms with Gasteiger partial charge >= 0.3 is 7.48 Å². The number of benzene rings is 2. The maximum Gasteiger partial charge on any atom is 0.330 e. The van der Waals surface area contributed by atoms with Crippen molar-refractivity contribution in [3.63, 3.8) is 0 Å². The molecule has 1 N–H and O–H groups in total. The Hall–Kier alpha value is -1.32. The molecule has 1 radical (unpaired) electrons. The van der Waals surface area contributed by atoms with E-state index in [1.807, 2.05) is 32.0 Å². The van der Waals surface area contributed by atoms with Crippen LogP contribution in [0.2, 0.25) is 0 Å². The van der Waals surface area contributed by atoms with Crippen LogP contribution in [0.3, 0.4) is 0 Å². The smallest absolute Gasteiger partial charge is 0.330 e. The predicted molar refractivity (Wildman–Crippen MR) is 80.8 cm³/mol. The Balaban J connectivity index is 2.14. The van der Waals surface area contributed by atoms with Crippen LogP contribution in [0.5, 0.6) is 0 Å². The van der Waals surface area contributed by atoms with Crippen LogP contribution in [0.4, 0.5) is 0 Å². The molecule has 2 nitrogen and oxygen atoms in total. The van der Waals surface area contributed by atoms with Crippen molar-refractivity contribution in [2.45, 2.75) is 38.9 Å². The summed E-state index contributed by atoms with van der Waals surface area (Å²) in [5, 5.41) is 12.4. The Labute approximate surface area is 115 Å². The minimum absolute atomic E-state index is 0.640. The zero-order valence-corrected chi connectivity index (χ0v) is 12.0. The summed E-state index contributed by atoms with van der Waals surface area (Å²) in [5.74, 6) is 0. The molecule has 2 rings (SSSR count). The highest BCUT2D eigenvalue weighted by Gasteiger charge is 2.35. The van der Waals surface area contributed by atoms with Crippen molar-refractivity contribution >= 4 is 23.7 Å². The first kappa shape index (κ1) is 14.1. The molecule has 0 fully saturated rings. The van der Waals surface area contributed by atoms with Crippen molar-refractivity contribution in [2.24, 2.45) is 0 Å². The Kier molecular flexibility index (Phi) is 3.70. The van der Waals surface area contributed by atoms with Crippen LogP contribution < -0.4 is 5.46 Å². The largest absolute Gasteiger partial charge is 0.427 e. The first-order valence-corrected chi connectivity index (χ1v) is 6.52. The van der Waals surface area contributed by atoms with Crippen molar-refractivity contribution in [3.05, 3.63) is 42.5 Å². The average Bonchev–Trinajstić information content (AvgIpc) is 2.35. The molecule has 0 aliphatic rings. The van der Waals surface area contributed by atoms with Gasteiger partial charge in [0, 0.05) is 0 Å². The number of aliphatic hydroxyl groups is 1. The van der Waals surface area contributed by atoms with Gasteiger partial charge in [0.05, 0.1) is 11.2 Å². The van der Waals surface area contributed by atoms with Gasteiger partial charge in [0.2, 0.25) is 0 Å². The van der Waals surface area contributed by atoms with E-state index in [2.05, 4.69) is 24.3 Å². The van der Waals surface area contributed by atoms with Crippen LogP contribution >= 0.6 is 0 Å². The standard InChI is InChI=1S/C16H20BO2/c1-15(2,18)16(3,4)19-17-14-10-9-12-7-5-6-8-13(12)11-14/h5-11,18H,1-4H3. The maximum atomic E-state index is 10.1. The first-order valence-electron chi connectivity index (χ1n) is 6.52. The summed E-state index contributed by atoms with van der Waals surface area (Å²) >= 11 is 0. The maximum absolute atomic E-state index is 10.1. The molecule has 0 atom stereocenters. The molecule has 2 aromatic rings. The van der Waals surface area contributed by atoms with Gasteiger partial charge < -0.3 is 9.76 Å². The second-order valence-corrected chi connectivity index (χ2v) is 5.91. The fourth-order valence-electron chi connectivity index (χ4n) is 1.64. The molecule has 0 bridgehead atoms. The summed E-state index contributed by atoms with van der Waals surface area (Å²) in [7, 11) is 1.71. The van der Waals surface area contributed by atoms with Gasteiger partial charge in [-0.3, -0.25) is 0 Å². The van der Waals surface area contributed by atoms with E-state index in [1.54, 1.807) is 21.3 Å². The molecule has 0 unspecified atom stereocenters. The van der Waals surface area contributed by atoms with E-state index in [0.717, 1.165) is 5.46 Å². The number of hydrogen-bond acceptors (Lipinski definition) is 2. The molecule has 0 heterocycles. The number of hydrogen-bond donors (Lipinski definition) is 1. The lowest BCUT2D eigenvalue weighted by Gasteiger charge is -2.37. The van der Waals surface area contributed by atoms with Gasteiger partial charge in [0.25, 0.3) is 0 Å². The van der Waals surface area contributed by atoms with Gasteiger partial charge in [0.1, 0.15) is 0 Å². The Bertz CT molecular complexity index is 570. The third-order valence-corrected chi connectivity index (χ3v) is 3.74. The van der Waals surface area contributed by atoms with Crippen LogP contribution in [-0.2, 0) is 4.65 Å². The Morgan fingerprint density at radius 1 is 0.947 bits per heavy atom. The summed E-state index contributed by atoms with van der Waals surface area (Å²) < 4.78 is 5.75. The van der Waals surface area contributed by atoms with Crippen molar-refractivity contribution in [2.75, 3.05) is 0 Å². The first-order chi connectivity index (χ1) is 8.79. The predicted octanol–water partition coefficient (Wildman–Crippen LogP) is 2.65. The molecule has 19 heavy (non-hydrogen) atoms. The topological polar surface area (TPSA) is 29.5 Å². The molecule has 0 saturated carbocycles. The summed E-state index contributed by atoms with van der Waals surface area (Å²) in [4.78, 5) is 0. The lowest BCUT2D eigenvalue weighted by molar-refractivity contribution is -0.0893. The number of rotatable bonds is 4. The summed E-state index contributed by atoms with van der Waals surface area (Å²) in [6.07, 6.45) is 0. The number of fused-ring (bicyclic) bond motifs is 1. The lowest BCUT2D eigenvalue weighted by atomic mass is 9.82. The van der Waals surface area contributed by atoms with Crippen molar-refractivity contribution < 1.29 is 9.76 Å². The Morgan fingerprint density at radius 2 is 1.58 bits per heavy atom. The van der Waals surface area contributed by atoms with Crippen LogP contribution in [-0.4, -0.2) is 23.8 Å². The van der Waals surface area contributed by atoms with Gasteiger partial charge in [-0.25, -0.2) is 0 Å². The van der Waals surface area contributed by atoms with E-state index in [0.29, 0.717) is 0 Å². The van der Waals surface area contributed by atoms with E-state index < -0.39 is 11.2 Å². The summed E-state index contributed by atoms with van der Waals surface area (Å²) in [6, 6.07) is 14.4. The highest BCUT2D eigenvalue weighted by molar-refractivity contribution is 6.47. The van der Waals surface area contributed by atoms with E-state index in [4.69, 9.17) is 4.65 Å². The minimum Gasteiger partial charge on any atom is -0.427 e. The molecule has 0 aliphatic heterocycles. The summed E-state index contributed by atoms with van der Waals surface area (Å²) in [6.45, 7) is 7.26. The molecule has 99 valence electrons. The molecule has 0 aromatic heterocycles. The molecule has 2 aromatic carbocycles. The van der Waals surface area contributed by atoms with Crippen LogP contribution in [0, 0.1) is 0 Å². The molecule has 0 aliphatic carbocycles. The van der Waals surface area contributed by atoms with E-state index in [9.17, 15) is 5.11 Å². The van der Waals surface area contributed by atoms with Gasteiger partial charge in [-0.15, -0.1) is 0 Å². The van der Waals surface area contributed by atoms with Crippen molar-refractivity contribution in [1.29, 1.82) is 0 Å². The van der Waals surface area contributed by atoms with Crippen LogP contribution in [0.1, 0.15) is 27.7 Å². The summed E-state index contributed by atoms with van der Waals surface area (Å²) in [5.41, 5.74) is -0.546. The van der Waals surface area contributed by atoms with E-state index >= 15 is 0 Å². The van der Waals surface area contributed by atoms with Gasteiger partial charge in [-0.1, -0.05) is 47.9 Å². The zero-order chi connectivity index (χ0) is 14.1. The fraction of sp³-hybridized carbons (Fsp3) is 0.375. The van der Waals surface area contributed by atoms with Crippen molar-refractivity contribution in [1.82, 2.24) is 0 Å². The molecule has 3 heteroatoms. The highest BCUT2D eigenvalue weighted by Crippen LogP contribution is 2.24. The van der Waals surface area contributed by atoms with Crippen LogP contribution in [0.15, 0.2) is 42.5 Å². The minimum atomic E-state index is -0.902. The lowest BCUT2D eigenvalue weighted by Crippen LogP contribution is -2.49. The third-order valence-electron chi connectivity index (χ3n) is 3.74. The Morgan fingerprint density at radius 3 is 2.21 bits per heavy atom. The second-order valence-electron chi connectivity index (χ2n) is 5.91.